The van der Waals surface area contributed by atoms with Crippen molar-refractivity contribution in [2.24, 2.45) is 5.92 Å². The molecule has 1 aromatic heterocycles. The molecule has 2 N–H and O–H groups in total. The van der Waals surface area contributed by atoms with Gasteiger partial charge < -0.3 is 9.64 Å². The van der Waals surface area contributed by atoms with Gasteiger partial charge >= 0.3 is 0 Å². The predicted molar refractivity (Wildman–Crippen MR) is 83.5 cm³/mol. The molecule has 0 bridgehead atoms. The number of rotatable bonds is 3. The third kappa shape index (κ3) is 3.14. The molecule has 132 valence electrons. The summed E-state index contributed by atoms with van der Waals surface area (Å²) < 4.78 is 7.04. The van der Waals surface area contributed by atoms with Crippen LogP contribution in [0.2, 0.25) is 0 Å². The van der Waals surface area contributed by atoms with Crippen LogP contribution in [-0.4, -0.2) is 87.9 Å². The summed E-state index contributed by atoms with van der Waals surface area (Å²) in [6, 6.07) is 0.611. The molecule has 4 rings (SSSR count). The van der Waals surface area contributed by atoms with E-state index in [1.807, 2.05) is 4.90 Å². The minimum absolute atomic E-state index is 0.166. The lowest BCUT2D eigenvalue weighted by molar-refractivity contribution is -0.138. The number of hydrazine groups is 1. The second kappa shape index (κ2) is 7.09. The zero-order chi connectivity index (χ0) is 16.4. The van der Waals surface area contributed by atoms with Crippen molar-refractivity contribution in [3.05, 3.63) is 6.33 Å². The summed E-state index contributed by atoms with van der Waals surface area (Å²) >= 11 is 0. The summed E-state index contributed by atoms with van der Waals surface area (Å²) in [5.74, 6) is -0.0252. The van der Waals surface area contributed by atoms with Gasteiger partial charge in [0.1, 0.15) is 12.5 Å². The van der Waals surface area contributed by atoms with E-state index in [1.54, 1.807) is 4.68 Å². The average Bonchev–Trinajstić information content (AvgIpc) is 3.33. The normalized spacial score (nSPS) is 29.9. The van der Waals surface area contributed by atoms with Crippen molar-refractivity contribution in [1.82, 2.24) is 40.9 Å². The quantitative estimate of drug-likeness (QED) is 0.668. The Labute approximate surface area is 140 Å². The Bertz CT molecular complexity index is 539. The number of nitrogens with zero attached hydrogens (tertiary/aromatic N) is 6. The van der Waals surface area contributed by atoms with Crippen LogP contribution in [0, 0.1) is 5.92 Å². The summed E-state index contributed by atoms with van der Waals surface area (Å²) in [6.07, 6.45) is 3.51. The molecule has 3 aliphatic heterocycles. The molecule has 3 aliphatic rings. The largest absolute Gasteiger partial charge is 0.381 e. The van der Waals surface area contributed by atoms with Gasteiger partial charge in [-0.2, -0.15) is 0 Å². The maximum absolute atomic E-state index is 12.9. The van der Waals surface area contributed by atoms with Gasteiger partial charge in [-0.1, -0.05) is 0 Å². The van der Waals surface area contributed by atoms with E-state index >= 15 is 0 Å². The molecular formula is C14H24N8O2. The van der Waals surface area contributed by atoms with Gasteiger partial charge in [0.2, 0.25) is 5.91 Å². The fraction of sp³-hybridized carbons (Fsp3) is 0.857. The topological polar surface area (TPSA) is 100 Å². The zero-order valence-corrected chi connectivity index (χ0v) is 13.7. The van der Waals surface area contributed by atoms with Crippen molar-refractivity contribution >= 4 is 5.91 Å². The molecule has 0 radical (unpaired) electrons. The third-order valence-electron chi connectivity index (χ3n) is 5.25. The zero-order valence-electron chi connectivity index (χ0n) is 13.7. The number of carbonyl (C=O) groups is 1. The lowest BCUT2D eigenvalue weighted by Crippen LogP contribution is -2.54. The Balaban J connectivity index is 1.34. The Hall–Kier alpha value is -1.62. The number of carbonyl (C=O) groups excluding carboxylic acids is 1. The van der Waals surface area contributed by atoms with E-state index < -0.39 is 0 Å². The van der Waals surface area contributed by atoms with Gasteiger partial charge in [0.05, 0.1) is 5.92 Å². The monoisotopic (exact) mass is 336 g/mol. The molecule has 0 spiro atoms. The van der Waals surface area contributed by atoms with Crippen molar-refractivity contribution in [1.29, 1.82) is 0 Å². The number of piperazine rings is 1. The molecule has 0 aromatic carbocycles. The fourth-order valence-electron chi connectivity index (χ4n) is 3.85. The number of hydrogen-bond donors (Lipinski definition) is 2. The smallest absolute Gasteiger partial charge is 0.230 e. The molecule has 3 fully saturated rings. The van der Waals surface area contributed by atoms with Gasteiger partial charge in [-0.3, -0.25) is 15.1 Å². The van der Waals surface area contributed by atoms with Gasteiger partial charge in [-0.15, -0.1) is 5.10 Å². The summed E-state index contributed by atoms with van der Waals surface area (Å²) in [6.45, 7) is 5.76. The number of nitrogens with one attached hydrogen (secondary N) is 2. The number of amides is 1. The minimum atomic E-state index is -0.235. The fourth-order valence-corrected chi connectivity index (χ4v) is 3.85. The first kappa shape index (κ1) is 15.9. The Morgan fingerprint density at radius 2 is 1.96 bits per heavy atom. The molecule has 1 aromatic rings. The summed E-state index contributed by atoms with van der Waals surface area (Å²) in [5.41, 5.74) is 6.14. The molecule has 10 nitrogen and oxygen atoms in total. The molecule has 0 aliphatic carbocycles. The van der Waals surface area contributed by atoms with Crippen molar-refractivity contribution in [3.63, 3.8) is 0 Å². The van der Waals surface area contributed by atoms with E-state index in [1.165, 1.54) is 6.33 Å². The average molecular weight is 336 g/mol. The van der Waals surface area contributed by atoms with Crippen LogP contribution >= 0.6 is 0 Å². The highest BCUT2D eigenvalue weighted by Gasteiger charge is 2.38. The van der Waals surface area contributed by atoms with E-state index in [-0.39, 0.29) is 18.0 Å². The van der Waals surface area contributed by atoms with Crippen LogP contribution in [0.1, 0.15) is 19.0 Å². The highest BCUT2D eigenvalue weighted by molar-refractivity contribution is 5.80. The van der Waals surface area contributed by atoms with Gasteiger partial charge in [0, 0.05) is 52.0 Å². The van der Waals surface area contributed by atoms with E-state index in [9.17, 15) is 4.79 Å². The Morgan fingerprint density at radius 3 is 2.67 bits per heavy atom. The van der Waals surface area contributed by atoms with E-state index in [2.05, 4.69) is 31.3 Å². The number of ether oxygens (including phenoxy) is 1. The van der Waals surface area contributed by atoms with Gasteiger partial charge in [-0.05, 0) is 23.3 Å². The first-order chi connectivity index (χ1) is 11.8. The van der Waals surface area contributed by atoms with Gasteiger partial charge in [0.15, 0.2) is 0 Å². The van der Waals surface area contributed by atoms with Crippen LogP contribution in [0.4, 0.5) is 0 Å². The molecule has 2 unspecified atom stereocenters. The highest BCUT2D eigenvalue weighted by atomic mass is 16.5. The van der Waals surface area contributed by atoms with Crippen LogP contribution < -0.4 is 10.9 Å². The van der Waals surface area contributed by atoms with Crippen molar-refractivity contribution in [2.75, 3.05) is 45.9 Å². The number of hydrogen-bond acceptors (Lipinski definition) is 8. The lowest BCUT2D eigenvalue weighted by atomic mass is 10.0. The van der Waals surface area contributed by atoms with Crippen LogP contribution in [0.25, 0.3) is 0 Å². The summed E-state index contributed by atoms with van der Waals surface area (Å²) in [4.78, 5) is 17.4. The molecule has 1 amide bonds. The van der Waals surface area contributed by atoms with Crippen LogP contribution in [0.5, 0.6) is 0 Å². The van der Waals surface area contributed by atoms with E-state index in [0.717, 1.165) is 52.2 Å². The molecule has 0 saturated carbocycles. The van der Waals surface area contributed by atoms with Crippen LogP contribution in [0.15, 0.2) is 6.33 Å². The second-order valence-electron chi connectivity index (χ2n) is 6.57. The van der Waals surface area contributed by atoms with Crippen molar-refractivity contribution in [3.8, 4) is 0 Å². The van der Waals surface area contributed by atoms with Gasteiger partial charge in [0.25, 0.3) is 0 Å². The predicted octanol–water partition coefficient (Wildman–Crippen LogP) is -1.78. The van der Waals surface area contributed by atoms with E-state index in [4.69, 9.17) is 4.74 Å². The minimum Gasteiger partial charge on any atom is -0.381 e. The first-order valence-corrected chi connectivity index (χ1v) is 8.64. The van der Waals surface area contributed by atoms with E-state index in [0.29, 0.717) is 12.6 Å². The van der Waals surface area contributed by atoms with Crippen LogP contribution in [-0.2, 0) is 9.53 Å². The Morgan fingerprint density at radius 1 is 1.17 bits per heavy atom. The third-order valence-corrected chi connectivity index (χ3v) is 5.25. The lowest BCUT2D eigenvalue weighted by Gasteiger charge is -2.41. The molecule has 4 heterocycles. The molecule has 10 heteroatoms. The molecule has 24 heavy (non-hydrogen) atoms. The molecule has 2 atom stereocenters. The first-order valence-electron chi connectivity index (χ1n) is 8.64. The van der Waals surface area contributed by atoms with Gasteiger partial charge in [-0.25, -0.2) is 10.1 Å². The number of aromatic nitrogens is 4. The van der Waals surface area contributed by atoms with Crippen LogP contribution in [0.3, 0.4) is 0 Å². The summed E-state index contributed by atoms with van der Waals surface area (Å²) in [5, 5.41) is 11.2. The van der Waals surface area contributed by atoms with Crippen molar-refractivity contribution < 1.29 is 9.53 Å². The Kier molecular flexibility index (Phi) is 4.69. The summed E-state index contributed by atoms with van der Waals surface area (Å²) in [7, 11) is 0. The van der Waals surface area contributed by atoms with Crippen molar-refractivity contribution in [2.45, 2.75) is 25.0 Å². The highest BCUT2D eigenvalue weighted by Crippen LogP contribution is 2.22. The second-order valence-corrected chi connectivity index (χ2v) is 6.57. The molecule has 3 saturated heterocycles. The molecular weight excluding hydrogens is 312 g/mol. The number of tetrazole rings is 1. The standard InChI is InChI=1S/C14H24N8O2/c23-14(12-9-15-17-13(12)22-10-16-18-19-22)21-5-3-20(4-6-21)11-1-7-24-8-2-11/h10-13,15,17H,1-9H2. The maximum atomic E-state index is 12.9. The SMILES string of the molecule is O=C(C1CNNC1n1cnnn1)N1CCN(C2CCOCC2)CC1. The maximum Gasteiger partial charge on any atom is 0.230 e.